The summed E-state index contributed by atoms with van der Waals surface area (Å²) in [7, 11) is 1.51. The fraction of sp³-hybridized carbons (Fsp3) is 0.250. The highest BCUT2D eigenvalue weighted by molar-refractivity contribution is 5.95. The lowest BCUT2D eigenvalue weighted by atomic mass is 10.0. The van der Waals surface area contributed by atoms with Crippen LogP contribution in [0.2, 0.25) is 0 Å². The van der Waals surface area contributed by atoms with Crippen molar-refractivity contribution in [1.29, 1.82) is 0 Å². The van der Waals surface area contributed by atoms with Gasteiger partial charge in [-0.3, -0.25) is 4.98 Å². The van der Waals surface area contributed by atoms with Crippen molar-refractivity contribution < 1.29 is 23.0 Å². The molecule has 3 heterocycles. The maximum atomic E-state index is 13.1. The number of anilines is 1. The van der Waals surface area contributed by atoms with Crippen LogP contribution in [0.1, 0.15) is 18.3 Å². The number of alkyl halides is 3. The average molecular weight is 445 g/mol. The van der Waals surface area contributed by atoms with E-state index >= 15 is 0 Å². The first kappa shape index (κ1) is 21.4. The minimum absolute atomic E-state index is 0.0234. The number of hydrogen-bond donors (Lipinski definition) is 2. The molecule has 1 atom stereocenters. The number of nitrogens with zero attached hydrogens (tertiary/aromatic N) is 6. The Balaban J connectivity index is 1.68. The summed E-state index contributed by atoms with van der Waals surface area (Å²) < 4.78 is 46.1. The normalized spacial score (nSPS) is 13.8. The maximum Gasteiger partial charge on any atom is 0.422 e. The van der Waals surface area contributed by atoms with Gasteiger partial charge < -0.3 is 15.6 Å². The first-order chi connectivity index (χ1) is 15.1. The van der Waals surface area contributed by atoms with Crippen LogP contribution in [0.3, 0.4) is 0 Å². The Bertz CT molecular complexity index is 1290. The lowest BCUT2D eigenvalue weighted by molar-refractivity contribution is -0.260. The summed E-state index contributed by atoms with van der Waals surface area (Å²) in [6, 6.07) is 9.34. The number of para-hydroxylation sites is 1. The van der Waals surface area contributed by atoms with Gasteiger partial charge in [0.15, 0.2) is 5.60 Å². The summed E-state index contributed by atoms with van der Waals surface area (Å²) in [5.41, 5.74) is 3.85. The monoisotopic (exact) mass is 445 g/mol. The van der Waals surface area contributed by atoms with Gasteiger partial charge in [-0.2, -0.15) is 13.2 Å². The zero-order valence-electron chi connectivity index (χ0n) is 17.0. The molecule has 0 fully saturated rings. The number of benzene rings is 1. The SMILES string of the molecule is COc1cccc2c(-c3cn(Cc4cccc([C@](C)(O)C(F)(F)F)n4)nn3)nc(N)nc12. The van der Waals surface area contributed by atoms with Gasteiger partial charge in [0, 0.05) is 5.39 Å². The van der Waals surface area contributed by atoms with E-state index in [1.165, 1.54) is 23.9 Å². The van der Waals surface area contributed by atoms with E-state index in [-0.39, 0.29) is 18.2 Å². The van der Waals surface area contributed by atoms with Crippen LogP contribution in [0.4, 0.5) is 19.1 Å². The Morgan fingerprint density at radius 2 is 1.84 bits per heavy atom. The van der Waals surface area contributed by atoms with Crippen molar-refractivity contribution in [2.45, 2.75) is 25.2 Å². The molecule has 0 radical (unpaired) electrons. The third-order valence-corrected chi connectivity index (χ3v) is 4.89. The molecule has 4 rings (SSSR count). The third kappa shape index (κ3) is 3.80. The number of rotatable bonds is 5. The second-order valence-electron chi connectivity index (χ2n) is 7.17. The van der Waals surface area contributed by atoms with Crippen LogP contribution in [0.25, 0.3) is 22.3 Å². The molecule has 0 saturated carbocycles. The molecular weight excluding hydrogens is 427 g/mol. The topological polar surface area (TPSA) is 125 Å². The van der Waals surface area contributed by atoms with Crippen molar-refractivity contribution in [3.8, 4) is 17.1 Å². The summed E-state index contributed by atoms with van der Waals surface area (Å²) in [5.74, 6) is 0.540. The zero-order valence-corrected chi connectivity index (χ0v) is 17.0. The second-order valence-corrected chi connectivity index (χ2v) is 7.17. The molecule has 3 N–H and O–H groups in total. The molecule has 4 aromatic rings. The predicted molar refractivity (Wildman–Crippen MR) is 108 cm³/mol. The predicted octanol–water partition coefficient (Wildman–Crippen LogP) is 2.69. The molecule has 0 bridgehead atoms. The Kier molecular flexibility index (Phi) is 5.17. The third-order valence-electron chi connectivity index (χ3n) is 4.89. The molecule has 0 spiro atoms. The molecule has 0 unspecified atom stereocenters. The molecule has 0 aliphatic rings. The van der Waals surface area contributed by atoms with Crippen LogP contribution in [0.5, 0.6) is 5.75 Å². The van der Waals surface area contributed by atoms with Gasteiger partial charge in [-0.1, -0.05) is 23.4 Å². The highest BCUT2D eigenvalue weighted by Crippen LogP contribution is 2.37. The zero-order chi connectivity index (χ0) is 23.1. The highest BCUT2D eigenvalue weighted by Gasteiger charge is 2.52. The Labute approximate surface area is 179 Å². The van der Waals surface area contributed by atoms with Crippen LogP contribution < -0.4 is 10.5 Å². The van der Waals surface area contributed by atoms with Crippen LogP contribution >= 0.6 is 0 Å². The number of aromatic nitrogens is 6. The summed E-state index contributed by atoms with van der Waals surface area (Å²) in [5, 5.41) is 18.6. The van der Waals surface area contributed by atoms with Crippen LogP contribution in [0.15, 0.2) is 42.6 Å². The number of nitrogen functional groups attached to an aromatic ring is 1. The van der Waals surface area contributed by atoms with Gasteiger partial charge >= 0.3 is 6.18 Å². The van der Waals surface area contributed by atoms with Crippen molar-refractivity contribution >= 4 is 16.9 Å². The van der Waals surface area contributed by atoms with Crippen molar-refractivity contribution in [2.75, 3.05) is 12.8 Å². The standard InChI is InChI=1S/C20H18F3N7O2/c1-19(31,20(21,22)23)15-8-3-5-11(25-15)9-30-10-13(28-29-30)16-12-6-4-7-14(32-2)17(12)27-18(24)26-16/h3-8,10,31H,9H2,1-2H3,(H2,24,26,27)/t19-/m0/s1. The van der Waals surface area contributed by atoms with Crippen LogP contribution in [-0.2, 0) is 12.1 Å². The van der Waals surface area contributed by atoms with Gasteiger partial charge in [-0.15, -0.1) is 5.10 Å². The minimum atomic E-state index is -4.87. The van der Waals surface area contributed by atoms with Gasteiger partial charge in [0.25, 0.3) is 0 Å². The van der Waals surface area contributed by atoms with Crippen molar-refractivity contribution in [3.63, 3.8) is 0 Å². The molecule has 0 aliphatic heterocycles. The molecule has 0 amide bonds. The maximum absolute atomic E-state index is 13.1. The first-order valence-corrected chi connectivity index (χ1v) is 9.36. The molecule has 0 saturated heterocycles. The summed E-state index contributed by atoms with van der Waals surface area (Å²) in [4.78, 5) is 12.4. The second kappa shape index (κ2) is 7.71. The molecule has 0 aliphatic carbocycles. The fourth-order valence-corrected chi connectivity index (χ4v) is 3.14. The molecule has 32 heavy (non-hydrogen) atoms. The lowest BCUT2D eigenvalue weighted by Crippen LogP contribution is -2.40. The number of hydrogen-bond acceptors (Lipinski definition) is 8. The van der Waals surface area contributed by atoms with Crippen molar-refractivity contribution in [3.05, 3.63) is 54.0 Å². The fourth-order valence-electron chi connectivity index (χ4n) is 3.14. The van der Waals surface area contributed by atoms with Gasteiger partial charge in [0.1, 0.15) is 22.7 Å². The molecule has 9 nitrogen and oxygen atoms in total. The number of pyridine rings is 1. The number of halogens is 3. The van der Waals surface area contributed by atoms with E-state index in [0.29, 0.717) is 35.0 Å². The smallest absolute Gasteiger partial charge is 0.422 e. The molecular formula is C20H18F3N7O2. The van der Waals surface area contributed by atoms with Gasteiger partial charge in [-0.25, -0.2) is 14.6 Å². The average Bonchev–Trinajstić information content (AvgIpc) is 3.20. The van der Waals surface area contributed by atoms with E-state index in [9.17, 15) is 18.3 Å². The van der Waals surface area contributed by atoms with Crippen LogP contribution in [0, 0.1) is 0 Å². The molecule has 1 aromatic carbocycles. The van der Waals surface area contributed by atoms with E-state index in [1.54, 1.807) is 24.4 Å². The molecule has 166 valence electrons. The first-order valence-electron chi connectivity index (χ1n) is 9.36. The summed E-state index contributed by atoms with van der Waals surface area (Å²) in [6.07, 6.45) is -3.30. The molecule has 3 aromatic heterocycles. The van der Waals surface area contributed by atoms with E-state index in [1.807, 2.05) is 0 Å². The highest BCUT2D eigenvalue weighted by atomic mass is 19.4. The lowest BCUT2D eigenvalue weighted by Gasteiger charge is -2.25. The van der Waals surface area contributed by atoms with E-state index in [4.69, 9.17) is 10.5 Å². The van der Waals surface area contributed by atoms with E-state index < -0.39 is 17.5 Å². The van der Waals surface area contributed by atoms with E-state index in [0.717, 1.165) is 6.07 Å². The minimum Gasteiger partial charge on any atom is -0.494 e. The molecule has 12 heteroatoms. The Hall–Kier alpha value is -3.80. The number of nitrogens with two attached hydrogens (primary N) is 1. The number of ether oxygens (including phenoxy) is 1. The van der Waals surface area contributed by atoms with Crippen LogP contribution in [-0.4, -0.2) is 48.3 Å². The summed E-state index contributed by atoms with van der Waals surface area (Å²) >= 11 is 0. The Morgan fingerprint density at radius 3 is 2.56 bits per heavy atom. The quantitative estimate of drug-likeness (QED) is 0.480. The number of aliphatic hydroxyl groups is 1. The number of fused-ring (bicyclic) bond motifs is 1. The summed E-state index contributed by atoms with van der Waals surface area (Å²) in [6.45, 7) is 0.683. The van der Waals surface area contributed by atoms with Crippen molar-refractivity contribution in [1.82, 2.24) is 29.9 Å². The van der Waals surface area contributed by atoms with Gasteiger partial charge in [0.2, 0.25) is 5.95 Å². The Morgan fingerprint density at radius 1 is 1.09 bits per heavy atom. The van der Waals surface area contributed by atoms with E-state index in [2.05, 4.69) is 25.3 Å². The van der Waals surface area contributed by atoms with Crippen molar-refractivity contribution in [2.24, 2.45) is 0 Å². The van der Waals surface area contributed by atoms with Gasteiger partial charge in [-0.05, 0) is 25.1 Å². The largest absolute Gasteiger partial charge is 0.494 e. The number of methoxy groups -OCH3 is 1. The van der Waals surface area contributed by atoms with Gasteiger partial charge in [0.05, 0.1) is 31.2 Å².